The van der Waals surface area contributed by atoms with Crippen LogP contribution in [-0.4, -0.2) is 34.7 Å². The minimum Gasteiger partial charge on any atom is -0.444 e. The van der Waals surface area contributed by atoms with E-state index in [1.807, 2.05) is 6.08 Å². The van der Waals surface area contributed by atoms with Crippen LogP contribution in [0.5, 0.6) is 0 Å². The molecule has 0 N–H and O–H groups in total. The quantitative estimate of drug-likeness (QED) is 0.732. The highest BCUT2D eigenvalue weighted by Crippen LogP contribution is 2.33. The number of ether oxygens (including phenoxy) is 1. The summed E-state index contributed by atoms with van der Waals surface area (Å²) >= 11 is 0. The molecule has 1 aliphatic heterocycles. The standard InChI is InChI=1S/C19H23F3N2O2/c1-13(15-8-5-9-23-16(15)19(20,21)22)11-14-7-6-10-24(12-14)17(25)26-18(2,3)4/h5,7-9,11H,6,10,12H2,1-4H3/b13-11+. The van der Waals surface area contributed by atoms with Crippen LogP contribution in [-0.2, 0) is 10.9 Å². The van der Waals surface area contributed by atoms with E-state index in [2.05, 4.69) is 4.98 Å². The molecule has 0 saturated carbocycles. The second kappa shape index (κ2) is 7.51. The van der Waals surface area contributed by atoms with Crippen molar-refractivity contribution in [1.82, 2.24) is 9.88 Å². The molecule has 0 saturated heterocycles. The van der Waals surface area contributed by atoms with Gasteiger partial charge in [-0.15, -0.1) is 0 Å². The Bertz CT molecular complexity index is 731. The van der Waals surface area contributed by atoms with Crippen LogP contribution >= 0.6 is 0 Å². The summed E-state index contributed by atoms with van der Waals surface area (Å²) in [6.45, 7) is 7.80. The average molecular weight is 368 g/mol. The largest absolute Gasteiger partial charge is 0.444 e. The molecule has 0 unspecified atom stereocenters. The Morgan fingerprint density at radius 1 is 1.31 bits per heavy atom. The van der Waals surface area contributed by atoms with Crippen molar-refractivity contribution in [2.75, 3.05) is 13.1 Å². The van der Waals surface area contributed by atoms with Gasteiger partial charge in [0.2, 0.25) is 0 Å². The molecule has 0 bridgehead atoms. The van der Waals surface area contributed by atoms with Crippen LogP contribution in [0.15, 0.2) is 36.1 Å². The van der Waals surface area contributed by atoms with Gasteiger partial charge in [0.25, 0.3) is 0 Å². The van der Waals surface area contributed by atoms with E-state index in [9.17, 15) is 18.0 Å². The Labute approximate surface area is 151 Å². The maximum Gasteiger partial charge on any atom is 0.433 e. The van der Waals surface area contributed by atoms with E-state index in [-0.39, 0.29) is 5.56 Å². The zero-order chi connectivity index (χ0) is 19.5. The summed E-state index contributed by atoms with van der Waals surface area (Å²) in [6.07, 6.45) is 0.402. The fourth-order valence-corrected chi connectivity index (χ4v) is 2.66. The molecule has 142 valence electrons. The number of carbonyl (C=O) groups is 1. The molecule has 1 aromatic heterocycles. The van der Waals surface area contributed by atoms with E-state index in [4.69, 9.17) is 4.74 Å². The van der Waals surface area contributed by atoms with Gasteiger partial charge in [-0.1, -0.05) is 18.2 Å². The van der Waals surface area contributed by atoms with Gasteiger partial charge in [-0.05, 0) is 51.3 Å². The second-order valence-corrected chi connectivity index (χ2v) is 7.19. The third-order valence-electron chi connectivity index (χ3n) is 3.73. The lowest BCUT2D eigenvalue weighted by atomic mass is 10.0. The van der Waals surface area contributed by atoms with E-state index in [1.165, 1.54) is 12.1 Å². The van der Waals surface area contributed by atoms with Gasteiger partial charge in [0.15, 0.2) is 5.69 Å². The smallest absolute Gasteiger partial charge is 0.433 e. The Balaban J connectivity index is 2.20. The number of hydrogen-bond donors (Lipinski definition) is 0. The van der Waals surface area contributed by atoms with Crippen LogP contribution in [0.1, 0.15) is 45.4 Å². The number of amides is 1. The lowest BCUT2D eigenvalue weighted by molar-refractivity contribution is -0.141. The number of rotatable bonds is 2. The zero-order valence-corrected chi connectivity index (χ0v) is 15.4. The van der Waals surface area contributed by atoms with Gasteiger partial charge in [0.05, 0.1) is 0 Å². The average Bonchev–Trinajstić information content (AvgIpc) is 2.52. The van der Waals surface area contributed by atoms with Crippen LogP contribution in [0.25, 0.3) is 5.57 Å². The molecule has 1 aromatic rings. The van der Waals surface area contributed by atoms with Gasteiger partial charge in [0, 0.05) is 24.8 Å². The molecule has 0 spiro atoms. The fourth-order valence-electron chi connectivity index (χ4n) is 2.66. The highest BCUT2D eigenvalue weighted by atomic mass is 19.4. The molecule has 2 heterocycles. The van der Waals surface area contributed by atoms with Gasteiger partial charge in [-0.2, -0.15) is 13.2 Å². The highest BCUT2D eigenvalue weighted by molar-refractivity contribution is 5.71. The Kier molecular flexibility index (Phi) is 5.78. The molecule has 26 heavy (non-hydrogen) atoms. The van der Waals surface area contributed by atoms with Crippen LogP contribution < -0.4 is 0 Å². The third-order valence-corrected chi connectivity index (χ3v) is 3.73. The van der Waals surface area contributed by atoms with Crippen molar-refractivity contribution in [3.63, 3.8) is 0 Å². The SMILES string of the molecule is C/C(=C\C1=CCCN(C(=O)OC(C)(C)C)C1)c1cccnc1C(F)(F)F. The predicted octanol–water partition coefficient (Wildman–Crippen LogP) is 5.07. The molecule has 2 rings (SSSR count). The van der Waals surface area contributed by atoms with Crippen molar-refractivity contribution in [2.45, 2.75) is 45.9 Å². The molecular formula is C19H23F3N2O2. The zero-order valence-electron chi connectivity index (χ0n) is 15.4. The van der Waals surface area contributed by atoms with E-state index in [0.29, 0.717) is 25.1 Å². The van der Waals surface area contributed by atoms with Crippen LogP contribution in [0.3, 0.4) is 0 Å². The third kappa shape index (κ3) is 5.34. The summed E-state index contributed by atoms with van der Waals surface area (Å²) in [6, 6.07) is 2.88. The normalized spacial score (nSPS) is 16.3. The molecule has 7 heteroatoms. The van der Waals surface area contributed by atoms with Gasteiger partial charge in [-0.25, -0.2) is 4.79 Å². The van der Waals surface area contributed by atoms with E-state index in [0.717, 1.165) is 11.8 Å². The molecule has 0 aliphatic carbocycles. The maximum absolute atomic E-state index is 13.1. The van der Waals surface area contributed by atoms with Gasteiger partial charge >= 0.3 is 12.3 Å². The summed E-state index contributed by atoms with van der Waals surface area (Å²) in [4.78, 5) is 17.2. The van der Waals surface area contributed by atoms with Gasteiger partial charge in [0.1, 0.15) is 5.60 Å². The summed E-state index contributed by atoms with van der Waals surface area (Å²) in [5.41, 5.74) is -0.245. The number of hydrogen-bond acceptors (Lipinski definition) is 3. The summed E-state index contributed by atoms with van der Waals surface area (Å²) in [5, 5.41) is 0. The number of allylic oxidation sites excluding steroid dienone is 1. The van der Waals surface area contributed by atoms with Crippen molar-refractivity contribution < 1.29 is 22.7 Å². The first-order valence-corrected chi connectivity index (χ1v) is 8.35. The minimum absolute atomic E-state index is 0.0373. The maximum atomic E-state index is 13.1. The first-order valence-electron chi connectivity index (χ1n) is 8.35. The van der Waals surface area contributed by atoms with Crippen LogP contribution in [0.2, 0.25) is 0 Å². The Morgan fingerprint density at radius 2 is 2.00 bits per heavy atom. The lowest BCUT2D eigenvalue weighted by Gasteiger charge is -2.29. The molecule has 0 atom stereocenters. The summed E-state index contributed by atoms with van der Waals surface area (Å²) in [7, 11) is 0. The molecule has 0 radical (unpaired) electrons. The van der Waals surface area contributed by atoms with Crippen LogP contribution in [0.4, 0.5) is 18.0 Å². The van der Waals surface area contributed by atoms with Crippen molar-refractivity contribution in [1.29, 1.82) is 0 Å². The molecule has 1 aliphatic rings. The summed E-state index contributed by atoms with van der Waals surface area (Å²) < 4.78 is 44.8. The Hall–Kier alpha value is -2.31. The summed E-state index contributed by atoms with van der Waals surface area (Å²) in [5.74, 6) is 0. The topological polar surface area (TPSA) is 42.4 Å². The van der Waals surface area contributed by atoms with Crippen molar-refractivity contribution >= 4 is 11.7 Å². The first kappa shape index (κ1) is 20.0. The highest BCUT2D eigenvalue weighted by Gasteiger charge is 2.35. The van der Waals surface area contributed by atoms with Crippen LogP contribution in [0, 0.1) is 0 Å². The lowest BCUT2D eigenvalue weighted by Crippen LogP contribution is -2.39. The van der Waals surface area contributed by atoms with E-state index < -0.39 is 23.6 Å². The predicted molar refractivity (Wildman–Crippen MR) is 93.4 cm³/mol. The van der Waals surface area contributed by atoms with Crippen molar-refractivity contribution in [3.05, 3.63) is 47.3 Å². The number of halogens is 3. The van der Waals surface area contributed by atoms with Crippen molar-refractivity contribution in [3.8, 4) is 0 Å². The molecule has 0 aromatic carbocycles. The minimum atomic E-state index is -4.52. The van der Waals surface area contributed by atoms with E-state index in [1.54, 1.807) is 38.7 Å². The Morgan fingerprint density at radius 3 is 2.62 bits per heavy atom. The van der Waals surface area contributed by atoms with Crippen molar-refractivity contribution in [2.24, 2.45) is 0 Å². The van der Waals surface area contributed by atoms with E-state index >= 15 is 0 Å². The molecule has 4 nitrogen and oxygen atoms in total. The number of carbonyl (C=O) groups excluding carboxylic acids is 1. The molecule has 0 fully saturated rings. The monoisotopic (exact) mass is 368 g/mol. The second-order valence-electron chi connectivity index (χ2n) is 7.19. The fraction of sp³-hybridized carbons (Fsp3) is 0.474. The number of nitrogens with zero attached hydrogens (tertiary/aromatic N) is 2. The first-order chi connectivity index (χ1) is 12.0. The van der Waals surface area contributed by atoms with Gasteiger partial charge in [-0.3, -0.25) is 4.98 Å². The van der Waals surface area contributed by atoms with Gasteiger partial charge < -0.3 is 9.64 Å². The number of alkyl halides is 3. The number of aromatic nitrogens is 1. The number of pyridine rings is 1. The molecule has 1 amide bonds. The molecular weight excluding hydrogens is 345 g/mol.